The Bertz CT molecular complexity index is 201. The smallest absolute Gasteiger partial charge is 0.244 e. The Morgan fingerprint density at radius 2 is 1.75 bits per heavy atom. The molecular formula is C10H20N2. The second kappa shape index (κ2) is 4.29. The molecule has 0 N–H and O–H groups in total. The summed E-state index contributed by atoms with van der Waals surface area (Å²) in [5, 5.41) is 0. The maximum atomic E-state index is 2.21. The van der Waals surface area contributed by atoms with Crippen molar-refractivity contribution in [1.29, 1.82) is 0 Å². The Labute approximate surface area is 75.8 Å². The summed E-state index contributed by atoms with van der Waals surface area (Å²) in [4.78, 5) is 0. The first kappa shape index (κ1) is 11.2. The second-order valence-corrected chi connectivity index (χ2v) is 3.50. The van der Waals surface area contributed by atoms with Gasteiger partial charge in [-0.25, -0.2) is 9.13 Å². The van der Waals surface area contributed by atoms with Crippen LogP contribution in [-0.2, 0) is 0 Å². The summed E-state index contributed by atoms with van der Waals surface area (Å²) in [6, 6.07) is 1.13. The molecule has 0 fully saturated rings. The van der Waals surface area contributed by atoms with E-state index < -0.39 is 0 Å². The lowest BCUT2D eigenvalue weighted by molar-refractivity contribution is -0.715. The summed E-state index contributed by atoms with van der Waals surface area (Å²) in [5.41, 5.74) is 0. The van der Waals surface area contributed by atoms with Crippen LogP contribution >= 0.6 is 0 Å². The van der Waals surface area contributed by atoms with Gasteiger partial charge in [-0.1, -0.05) is 0 Å². The minimum Gasteiger partial charge on any atom is -0.358 e. The van der Waals surface area contributed by atoms with Crippen LogP contribution < -0.4 is 4.57 Å². The van der Waals surface area contributed by atoms with Gasteiger partial charge >= 0.3 is 0 Å². The van der Waals surface area contributed by atoms with Gasteiger partial charge in [-0.3, -0.25) is 0 Å². The number of rotatable bonds is 2. The van der Waals surface area contributed by atoms with Crippen LogP contribution in [0, 0.1) is 7.43 Å². The summed E-state index contributed by atoms with van der Waals surface area (Å²) < 4.78 is 4.42. The Kier molecular flexibility index (Phi) is 4.01. The molecule has 0 aliphatic rings. The Morgan fingerprint density at radius 1 is 1.17 bits per heavy atom. The van der Waals surface area contributed by atoms with Gasteiger partial charge < -0.3 is 7.43 Å². The van der Waals surface area contributed by atoms with Crippen LogP contribution in [0.2, 0.25) is 0 Å². The van der Waals surface area contributed by atoms with Crippen molar-refractivity contribution in [2.75, 3.05) is 0 Å². The number of hydrogen-bond donors (Lipinski definition) is 0. The fourth-order valence-corrected chi connectivity index (χ4v) is 0.996. The zero-order valence-corrected chi connectivity index (χ0v) is 8.78. The first-order valence-corrected chi connectivity index (χ1v) is 4.19. The number of aromatic nitrogens is 2. The lowest BCUT2D eigenvalue weighted by atomic mass is 10.4. The molecule has 0 atom stereocenters. The van der Waals surface area contributed by atoms with Crippen molar-refractivity contribution in [3.63, 3.8) is 0 Å². The summed E-state index contributed by atoms with van der Waals surface area (Å²) in [5.74, 6) is 0. The molecule has 70 valence electrons. The van der Waals surface area contributed by atoms with Crippen LogP contribution in [0.4, 0.5) is 0 Å². The van der Waals surface area contributed by atoms with Crippen molar-refractivity contribution in [2.45, 2.75) is 39.8 Å². The van der Waals surface area contributed by atoms with Crippen LogP contribution in [0.15, 0.2) is 18.7 Å². The Balaban J connectivity index is 0.00000121. The summed E-state index contributed by atoms with van der Waals surface area (Å²) >= 11 is 0. The van der Waals surface area contributed by atoms with E-state index in [0.717, 1.165) is 0 Å². The third-order valence-electron chi connectivity index (χ3n) is 1.87. The topological polar surface area (TPSA) is 8.81 Å². The van der Waals surface area contributed by atoms with E-state index in [1.54, 1.807) is 0 Å². The monoisotopic (exact) mass is 168 g/mol. The maximum absolute atomic E-state index is 2.21. The number of hydrogen-bond acceptors (Lipinski definition) is 0. The maximum Gasteiger partial charge on any atom is 0.244 e. The van der Waals surface area contributed by atoms with Crippen molar-refractivity contribution < 1.29 is 4.57 Å². The molecular weight excluding hydrogens is 148 g/mol. The Hall–Kier alpha value is -0.790. The van der Waals surface area contributed by atoms with Gasteiger partial charge in [0.2, 0.25) is 6.33 Å². The molecule has 0 aliphatic carbocycles. The highest BCUT2D eigenvalue weighted by Crippen LogP contribution is 2.01. The minimum atomic E-state index is 0. The second-order valence-electron chi connectivity index (χ2n) is 3.50. The minimum absolute atomic E-state index is 0. The van der Waals surface area contributed by atoms with Crippen molar-refractivity contribution >= 4 is 0 Å². The van der Waals surface area contributed by atoms with E-state index in [9.17, 15) is 0 Å². The van der Waals surface area contributed by atoms with Gasteiger partial charge in [0.25, 0.3) is 0 Å². The van der Waals surface area contributed by atoms with Crippen LogP contribution in [0.1, 0.15) is 39.8 Å². The van der Waals surface area contributed by atoms with Gasteiger partial charge in [-0.2, -0.15) is 0 Å². The van der Waals surface area contributed by atoms with E-state index >= 15 is 0 Å². The van der Waals surface area contributed by atoms with E-state index in [-0.39, 0.29) is 7.43 Å². The molecule has 0 saturated carbocycles. The third-order valence-corrected chi connectivity index (χ3v) is 1.87. The van der Waals surface area contributed by atoms with Gasteiger partial charge in [-0.05, 0) is 27.7 Å². The average Bonchev–Trinajstić information content (AvgIpc) is 2.33. The van der Waals surface area contributed by atoms with Crippen LogP contribution in [0.25, 0.3) is 0 Å². The zero-order valence-electron chi connectivity index (χ0n) is 8.78. The molecule has 1 aromatic rings. The highest BCUT2D eigenvalue weighted by molar-refractivity contribution is 4.70. The van der Waals surface area contributed by atoms with Crippen molar-refractivity contribution in [2.24, 2.45) is 0 Å². The average molecular weight is 168 g/mol. The van der Waals surface area contributed by atoms with Crippen molar-refractivity contribution in [3.05, 3.63) is 26.1 Å². The summed E-state index contributed by atoms with van der Waals surface area (Å²) in [7, 11) is 0. The molecule has 0 bridgehead atoms. The van der Waals surface area contributed by atoms with E-state index in [2.05, 4.69) is 55.6 Å². The van der Waals surface area contributed by atoms with Crippen molar-refractivity contribution in [3.8, 4) is 0 Å². The van der Waals surface area contributed by atoms with Crippen molar-refractivity contribution in [1.82, 2.24) is 4.57 Å². The molecule has 12 heavy (non-hydrogen) atoms. The fourth-order valence-electron chi connectivity index (χ4n) is 0.996. The molecule has 0 saturated heterocycles. The molecule has 2 nitrogen and oxygen atoms in total. The van der Waals surface area contributed by atoms with Gasteiger partial charge in [0, 0.05) is 0 Å². The van der Waals surface area contributed by atoms with Crippen LogP contribution in [0.3, 0.4) is 0 Å². The van der Waals surface area contributed by atoms with Gasteiger partial charge in [-0.15, -0.1) is 0 Å². The van der Waals surface area contributed by atoms with Gasteiger partial charge in [0.15, 0.2) is 0 Å². The summed E-state index contributed by atoms with van der Waals surface area (Å²) in [6.45, 7) is 8.74. The van der Waals surface area contributed by atoms with E-state index in [1.807, 2.05) is 0 Å². The molecule has 0 aliphatic heterocycles. The van der Waals surface area contributed by atoms with Gasteiger partial charge in [0.1, 0.15) is 12.4 Å². The molecule has 1 rings (SSSR count). The largest absolute Gasteiger partial charge is 0.358 e. The lowest BCUT2D eigenvalue weighted by Crippen LogP contribution is -2.33. The third kappa shape index (κ3) is 2.36. The predicted molar refractivity (Wildman–Crippen MR) is 51.8 cm³/mol. The SMILES string of the molecule is CC(C)n1cc[n+](C(C)C)c1.[CH3-]. The standard InChI is InChI=1S/C9H17N2.CH3/c1-8(2)10-5-6-11(7-10)9(3)4;/h5-9H,1-4H3;1H3/q+1;-1. The predicted octanol–water partition coefficient (Wildman–Crippen LogP) is 2.39. The zero-order chi connectivity index (χ0) is 8.43. The first-order chi connectivity index (χ1) is 5.11. The molecule has 0 amide bonds. The van der Waals surface area contributed by atoms with E-state index in [4.69, 9.17) is 0 Å². The first-order valence-electron chi connectivity index (χ1n) is 4.19. The van der Waals surface area contributed by atoms with Crippen LogP contribution in [-0.4, -0.2) is 4.57 Å². The van der Waals surface area contributed by atoms with Crippen LogP contribution in [0.5, 0.6) is 0 Å². The molecule has 1 heterocycles. The lowest BCUT2D eigenvalue weighted by Gasteiger charge is -1.99. The van der Waals surface area contributed by atoms with Gasteiger partial charge in [0.05, 0.1) is 12.1 Å². The van der Waals surface area contributed by atoms with E-state index in [1.165, 1.54) is 0 Å². The number of imidazole rings is 1. The molecule has 0 unspecified atom stereocenters. The molecule has 0 radical (unpaired) electrons. The molecule has 2 heteroatoms. The highest BCUT2D eigenvalue weighted by Gasteiger charge is 2.08. The quantitative estimate of drug-likeness (QED) is 0.473. The fraction of sp³-hybridized carbons (Fsp3) is 0.600. The molecule has 1 aromatic heterocycles. The highest BCUT2D eigenvalue weighted by atomic mass is 15.1. The molecule has 0 spiro atoms. The molecule has 0 aromatic carbocycles. The Morgan fingerprint density at radius 3 is 2.00 bits per heavy atom. The van der Waals surface area contributed by atoms with E-state index in [0.29, 0.717) is 12.1 Å². The normalized spacial score (nSPS) is 10.5. The number of nitrogens with zero attached hydrogens (tertiary/aromatic N) is 2. The summed E-state index contributed by atoms with van der Waals surface area (Å²) in [6.07, 6.45) is 6.38.